The molecule has 0 aliphatic rings. The van der Waals surface area contributed by atoms with Gasteiger partial charge in [0.2, 0.25) is 11.8 Å². The lowest BCUT2D eigenvalue weighted by molar-refractivity contribution is -0.132. The van der Waals surface area contributed by atoms with Gasteiger partial charge in [0.15, 0.2) is 0 Å². The van der Waals surface area contributed by atoms with Crippen LogP contribution in [-0.2, 0) is 9.59 Å². The molecule has 0 saturated heterocycles. The standard InChI is InChI=1S/C9H18N2O2/c1-5-6(7(10)12)11-8(13)9(2,3)4/h6H,5H2,1-4H3,(H2,10,12)(H,11,13)/t6-/m0/s1. The molecule has 4 heteroatoms. The van der Waals surface area contributed by atoms with Gasteiger partial charge in [0, 0.05) is 5.41 Å². The lowest BCUT2D eigenvalue weighted by Crippen LogP contribution is -2.47. The molecule has 0 fully saturated rings. The third-order valence-electron chi connectivity index (χ3n) is 1.74. The van der Waals surface area contributed by atoms with Crippen molar-refractivity contribution in [2.24, 2.45) is 11.1 Å². The molecule has 0 aliphatic carbocycles. The third-order valence-corrected chi connectivity index (χ3v) is 1.74. The summed E-state index contributed by atoms with van der Waals surface area (Å²) in [5.41, 5.74) is 4.60. The van der Waals surface area contributed by atoms with Gasteiger partial charge in [-0.2, -0.15) is 0 Å². The van der Waals surface area contributed by atoms with Crippen LogP contribution in [0, 0.1) is 5.41 Å². The van der Waals surface area contributed by atoms with Gasteiger partial charge in [0.1, 0.15) is 6.04 Å². The van der Waals surface area contributed by atoms with Crippen molar-refractivity contribution >= 4 is 11.8 Å². The first-order valence-corrected chi connectivity index (χ1v) is 4.39. The molecule has 0 unspecified atom stereocenters. The molecule has 0 rings (SSSR count). The molecule has 2 amide bonds. The fourth-order valence-corrected chi connectivity index (χ4v) is 0.749. The molecular weight excluding hydrogens is 168 g/mol. The second-order valence-electron chi connectivity index (χ2n) is 4.09. The predicted molar refractivity (Wildman–Crippen MR) is 50.9 cm³/mol. The summed E-state index contributed by atoms with van der Waals surface area (Å²) in [5, 5.41) is 2.59. The Hall–Kier alpha value is -1.06. The van der Waals surface area contributed by atoms with Crippen LogP contribution in [0.5, 0.6) is 0 Å². The van der Waals surface area contributed by atoms with E-state index in [1.807, 2.05) is 0 Å². The maximum Gasteiger partial charge on any atom is 0.239 e. The number of primary amides is 1. The van der Waals surface area contributed by atoms with Crippen LogP contribution in [0.3, 0.4) is 0 Å². The van der Waals surface area contributed by atoms with Gasteiger partial charge in [-0.3, -0.25) is 9.59 Å². The molecule has 0 aromatic carbocycles. The van der Waals surface area contributed by atoms with Crippen molar-refractivity contribution in [3.8, 4) is 0 Å². The SMILES string of the molecule is CC[C@H](NC(=O)C(C)(C)C)C(N)=O. The van der Waals surface area contributed by atoms with Crippen LogP contribution in [0.25, 0.3) is 0 Å². The Morgan fingerprint density at radius 3 is 2.08 bits per heavy atom. The Kier molecular flexibility index (Phi) is 3.91. The fourth-order valence-electron chi connectivity index (χ4n) is 0.749. The molecule has 0 saturated carbocycles. The van der Waals surface area contributed by atoms with Gasteiger partial charge in [0.05, 0.1) is 0 Å². The molecule has 0 spiro atoms. The van der Waals surface area contributed by atoms with Crippen molar-refractivity contribution in [1.29, 1.82) is 0 Å². The van der Waals surface area contributed by atoms with Crippen LogP contribution in [0.1, 0.15) is 34.1 Å². The summed E-state index contributed by atoms with van der Waals surface area (Å²) in [6, 6.07) is -0.549. The minimum Gasteiger partial charge on any atom is -0.368 e. The number of nitrogens with one attached hydrogen (secondary N) is 1. The van der Waals surface area contributed by atoms with Crippen LogP contribution in [0.4, 0.5) is 0 Å². The van der Waals surface area contributed by atoms with Crippen molar-refractivity contribution in [1.82, 2.24) is 5.32 Å². The zero-order valence-electron chi connectivity index (χ0n) is 8.68. The first kappa shape index (κ1) is 11.9. The van der Waals surface area contributed by atoms with Crippen molar-refractivity contribution in [2.75, 3.05) is 0 Å². The second kappa shape index (κ2) is 4.25. The number of rotatable bonds is 3. The van der Waals surface area contributed by atoms with E-state index >= 15 is 0 Å². The first-order valence-electron chi connectivity index (χ1n) is 4.39. The topological polar surface area (TPSA) is 72.2 Å². The minimum absolute atomic E-state index is 0.154. The summed E-state index contributed by atoms with van der Waals surface area (Å²) >= 11 is 0. The summed E-state index contributed by atoms with van der Waals surface area (Å²) in [7, 11) is 0. The highest BCUT2D eigenvalue weighted by molar-refractivity contribution is 5.88. The number of amides is 2. The van der Waals surface area contributed by atoms with Crippen molar-refractivity contribution < 1.29 is 9.59 Å². The molecule has 0 aromatic heterocycles. The van der Waals surface area contributed by atoms with E-state index in [0.717, 1.165) is 0 Å². The maximum absolute atomic E-state index is 11.4. The number of carbonyl (C=O) groups excluding carboxylic acids is 2. The molecule has 4 nitrogen and oxygen atoms in total. The molecule has 1 atom stereocenters. The Balaban J connectivity index is 4.26. The molecule has 0 aliphatic heterocycles. The van der Waals surface area contributed by atoms with E-state index in [2.05, 4.69) is 5.32 Å². The molecule has 0 bridgehead atoms. The van der Waals surface area contributed by atoms with E-state index in [0.29, 0.717) is 6.42 Å². The predicted octanol–water partition coefficient (Wildman–Crippen LogP) is 0.413. The van der Waals surface area contributed by atoms with Crippen LogP contribution < -0.4 is 11.1 Å². The van der Waals surface area contributed by atoms with Gasteiger partial charge in [-0.15, -0.1) is 0 Å². The van der Waals surface area contributed by atoms with Gasteiger partial charge < -0.3 is 11.1 Å². The Morgan fingerprint density at radius 1 is 1.38 bits per heavy atom. The van der Waals surface area contributed by atoms with Crippen LogP contribution in [-0.4, -0.2) is 17.9 Å². The highest BCUT2D eigenvalue weighted by atomic mass is 16.2. The van der Waals surface area contributed by atoms with Gasteiger partial charge in [-0.25, -0.2) is 0 Å². The molecule has 13 heavy (non-hydrogen) atoms. The number of nitrogens with two attached hydrogens (primary N) is 1. The molecule has 0 aromatic rings. The zero-order chi connectivity index (χ0) is 10.6. The van der Waals surface area contributed by atoms with E-state index in [1.165, 1.54) is 0 Å². The van der Waals surface area contributed by atoms with Crippen molar-refractivity contribution in [2.45, 2.75) is 40.2 Å². The molecule has 3 N–H and O–H groups in total. The van der Waals surface area contributed by atoms with Gasteiger partial charge in [-0.1, -0.05) is 27.7 Å². The number of hydrogen-bond acceptors (Lipinski definition) is 2. The van der Waals surface area contributed by atoms with Crippen molar-refractivity contribution in [3.05, 3.63) is 0 Å². The summed E-state index contributed by atoms with van der Waals surface area (Å²) < 4.78 is 0. The number of carbonyl (C=O) groups is 2. The maximum atomic E-state index is 11.4. The van der Waals surface area contributed by atoms with Crippen molar-refractivity contribution in [3.63, 3.8) is 0 Å². The number of hydrogen-bond donors (Lipinski definition) is 2. The summed E-state index contributed by atoms with van der Waals surface area (Å²) in [6.45, 7) is 7.17. The van der Waals surface area contributed by atoms with E-state index in [4.69, 9.17) is 5.73 Å². The van der Waals surface area contributed by atoms with Gasteiger partial charge in [0.25, 0.3) is 0 Å². The van der Waals surface area contributed by atoms with E-state index < -0.39 is 17.4 Å². The largest absolute Gasteiger partial charge is 0.368 e. The van der Waals surface area contributed by atoms with Crippen LogP contribution in [0.15, 0.2) is 0 Å². The van der Waals surface area contributed by atoms with Gasteiger partial charge in [-0.05, 0) is 6.42 Å². The van der Waals surface area contributed by atoms with Gasteiger partial charge >= 0.3 is 0 Å². The van der Waals surface area contributed by atoms with E-state index in [-0.39, 0.29) is 5.91 Å². The van der Waals surface area contributed by atoms with Crippen LogP contribution in [0.2, 0.25) is 0 Å². The quantitative estimate of drug-likeness (QED) is 0.670. The normalized spacial score (nSPS) is 13.5. The third kappa shape index (κ3) is 3.92. The summed E-state index contributed by atoms with van der Waals surface area (Å²) in [6.07, 6.45) is 0.525. The first-order chi connectivity index (χ1) is 5.79. The summed E-state index contributed by atoms with van der Waals surface area (Å²) in [4.78, 5) is 22.2. The van der Waals surface area contributed by atoms with E-state index in [9.17, 15) is 9.59 Å². The fraction of sp³-hybridized carbons (Fsp3) is 0.778. The average molecular weight is 186 g/mol. The average Bonchev–Trinajstić information content (AvgIpc) is 1.96. The smallest absolute Gasteiger partial charge is 0.239 e. The van der Waals surface area contributed by atoms with E-state index in [1.54, 1.807) is 27.7 Å². The van der Waals surface area contributed by atoms with Crippen LogP contribution >= 0.6 is 0 Å². The Bertz CT molecular complexity index is 206. The molecule has 76 valence electrons. The zero-order valence-corrected chi connectivity index (χ0v) is 8.68. The Labute approximate surface area is 78.9 Å². The lowest BCUT2D eigenvalue weighted by Gasteiger charge is -2.21. The highest BCUT2D eigenvalue weighted by Crippen LogP contribution is 2.13. The minimum atomic E-state index is -0.549. The highest BCUT2D eigenvalue weighted by Gasteiger charge is 2.25. The second-order valence-corrected chi connectivity index (χ2v) is 4.09. The molecule has 0 radical (unpaired) electrons. The Morgan fingerprint density at radius 2 is 1.85 bits per heavy atom. The summed E-state index contributed by atoms with van der Waals surface area (Å²) in [5.74, 6) is -0.641. The molecule has 0 heterocycles. The lowest BCUT2D eigenvalue weighted by atomic mass is 9.95. The monoisotopic (exact) mass is 186 g/mol. The molecular formula is C9H18N2O2.